The molecule has 2 aliphatic rings. The second-order valence-electron chi connectivity index (χ2n) is 7.38. The van der Waals surface area contributed by atoms with E-state index >= 15 is 0 Å². The summed E-state index contributed by atoms with van der Waals surface area (Å²) in [5.74, 6) is 1.25. The van der Waals surface area contributed by atoms with Gasteiger partial charge in [-0.1, -0.05) is 25.3 Å². The van der Waals surface area contributed by atoms with Crippen LogP contribution in [0, 0.1) is 11.8 Å². The molecule has 1 aliphatic heterocycles. The summed E-state index contributed by atoms with van der Waals surface area (Å²) in [7, 11) is 0. The molecule has 1 aliphatic carbocycles. The number of piperidine rings is 1. The van der Waals surface area contributed by atoms with Gasteiger partial charge in [-0.25, -0.2) is 0 Å². The Kier molecular flexibility index (Phi) is 6.13. The molecule has 0 bridgehead atoms. The predicted molar refractivity (Wildman–Crippen MR) is 97.2 cm³/mol. The summed E-state index contributed by atoms with van der Waals surface area (Å²) in [5, 5.41) is 12.7. The van der Waals surface area contributed by atoms with Crippen LogP contribution in [0.4, 0.5) is 5.69 Å². The summed E-state index contributed by atoms with van der Waals surface area (Å²) in [6.07, 6.45) is 8.55. The third-order valence-electron chi connectivity index (χ3n) is 5.59. The number of carbonyl (C=O) groups excluding carboxylic acids is 1. The quantitative estimate of drug-likeness (QED) is 0.868. The van der Waals surface area contributed by atoms with E-state index in [1.54, 1.807) is 0 Å². The van der Waals surface area contributed by atoms with Crippen molar-refractivity contribution in [1.82, 2.24) is 4.90 Å². The van der Waals surface area contributed by atoms with E-state index in [2.05, 4.69) is 11.4 Å². The molecule has 4 nitrogen and oxygen atoms in total. The Labute approximate surface area is 145 Å². The Balaban J connectivity index is 1.55. The van der Waals surface area contributed by atoms with Crippen molar-refractivity contribution in [3.63, 3.8) is 0 Å². The van der Waals surface area contributed by atoms with E-state index < -0.39 is 0 Å². The van der Waals surface area contributed by atoms with E-state index in [0.29, 0.717) is 5.92 Å². The van der Waals surface area contributed by atoms with E-state index in [-0.39, 0.29) is 12.5 Å². The zero-order chi connectivity index (χ0) is 16.8. The normalized spacial score (nSPS) is 20.1. The number of benzene rings is 1. The van der Waals surface area contributed by atoms with Crippen molar-refractivity contribution in [3.8, 4) is 0 Å². The highest BCUT2D eigenvalue weighted by molar-refractivity contribution is 5.95. The van der Waals surface area contributed by atoms with Gasteiger partial charge < -0.3 is 15.3 Å². The van der Waals surface area contributed by atoms with Crippen LogP contribution >= 0.6 is 0 Å². The molecule has 1 aromatic rings. The third kappa shape index (κ3) is 4.50. The molecule has 2 fully saturated rings. The van der Waals surface area contributed by atoms with E-state index in [1.807, 2.05) is 23.1 Å². The first-order chi connectivity index (χ1) is 11.8. The summed E-state index contributed by atoms with van der Waals surface area (Å²) >= 11 is 0. The van der Waals surface area contributed by atoms with Crippen molar-refractivity contribution in [1.29, 1.82) is 0 Å². The number of hydrogen-bond donors (Lipinski definition) is 2. The van der Waals surface area contributed by atoms with Gasteiger partial charge in [0, 0.05) is 37.5 Å². The Morgan fingerprint density at radius 3 is 2.54 bits per heavy atom. The van der Waals surface area contributed by atoms with Gasteiger partial charge in [-0.3, -0.25) is 4.79 Å². The average Bonchev–Trinajstić information content (AvgIpc) is 2.67. The van der Waals surface area contributed by atoms with Crippen molar-refractivity contribution in [2.24, 2.45) is 11.8 Å². The van der Waals surface area contributed by atoms with Gasteiger partial charge in [0.1, 0.15) is 0 Å². The van der Waals surface area contributed by atoms with E-state index in [9.17, 15) is 9.90 Å². The largest absolute Gasteiger partial charge is 0.396 e. The fourth-order valence-corrected chi connectivity index (χ4v) is 3.92. The molecular formula is C20H30N2O2. The summed E-state index contributed by atoms with van der Waals surface area (Å²) in [6, 6.07) is 7.92. The molecule has 1 amide bonds. The molecule has 132 valence electrons. The number of aliphatic hydroxyl groups is 1. The number of likely N-dealkylation sites (tertiary alicyclic amines) is 1. The summed E-state index contributed by atoms with van der Waals surface area (Å²) < 4.78 is 0. The van der Waals surface area contributed by atoms with Crippen molar-refractivity contribution in [3.05, 3.63) is 29.8 Å². The first-order valence-corrected chi connectivity index (χ1v) is 9.50. The maximum atomic E-state index is 12.7. The van der Waals surface area contributed by atoms with E-state index in [1.165, 1.54) is 32.1 Å². The average molecular weight is 330 g/mol. The third-order valence-corrected chi connectivity index (χ3v) is 5.59. The van der Waals surface area contributed by atoms with Crippen LogP contribution in [0.3, 0.4) is 0 Å². The van der Waals surface area contributed by atoms with Crippen molar-refractivity contribution in [2.75, 3.05) is 31.6 Å². The molecule has 2 N–H and O–H groups in total. The smallest absolute Gasteiger partial charge is 0.253 e. The molecule has 0 atom stereocenters. The Hall–Kier alpha value is -1.55. The molecule has 3 rings (SSSR count). The van der Waals surface area contributed by atoms with E-state index in [4.69, 9.17) is 0 Å². The van der Waals surface area contributed by atoms with Crippen LogP contribution in [0.5, 0.6) is 0 Å². The molecule has 0 unspecified atom stereocenters. The summed E-state index contributed by atoms with van der Waals surface area (Å²) in [5.41, 5.74) is 1.82. The van der Waals surface area contributed by atoms with Crippen LogP contribution in [-0.4, -0.2) is 42.2 Å². The van der Waals surface area contributed by atoms with Crippen LogP contribution in [0.2, 0.25) is 0 Å². The monoisotopic (exact) mass is 330 g/mol. The Morgan fingerprint density at radius 2 is 1.83 bits per heavy atom. The first kappa shape index (κ1) is 17.3. The minimum atomic E-state index is 0.118. The van der Waals surface area contributed by atoms with Crippen LogP contribution in [0.15, 0.2) is 24.3 Å². The minimum Gasteiger partial charge on any atom is -0.396 e. The number of carbonyl (C=O) groups is 1. The molecule has 0 spiro atoms. The lowest BCUT2D eigenvalue weighted by Crippen LogP contribution is -2.39. The molecule has 4 heteroatoms. The zero-order valence-electron chi connectivity index (χ0n) is 14.5. The van der Waals surface area contributed by atoms with Gasteiger partial charge in [0.25, 0.3) is 5.91 Å². The van der Waals surface area contributed by atoms with Crippen molar-refractivity contribution >= 4 is 11.6 Å². The maximum Gasteiger partial charge on any atom is 0.253 e. The van der Waals surface area contributed by atoms with Gasteiger partial charge in [-0.2, -0.15) is 0 Å². The maximum absolute atomic E-state index is 12.7. The summed E-state index contributed by atoms with van der Waals surface area (Å²) in [4.78, 5) is 14.6. The van der Waals surface area contributed by atoms with E-state index in [0.717, 1.165) is 49.6 Å². The predicted octanol–water partition coefficient (Wildman–Crippen LogP) is 3.52. The van der Waals surface area contributed by atoms with Crippen LogP contribution in [0.1, 0.15) is 55.3 Å². The molecule has 1 saturated heterocycles. The van der Waals surface area contributed by atoms with Gasteiger partial charge in [0.15, 0.2) is 0 Å². The number of aliphatic hydroxyl groups excluding tert-OH is 1. The number of rotatable bonds is 5. The fraction of sp³-hybridized carbons (Fsp3) is 0.650. The molecule has 1 saturated carbocycles. The van der Waals surface area contributed by atoms with Crippen LogP contribution in [0.25, 0.3) is 0 Å². The first-order valence-electron chi connectivity index (χ1n) is 9.50. The van der Waals surface area contributed by atoms with Gasteiger partial charge in [-0.05, 0) is 55.7 Å². The lowest BCUT2D eigenvalue weighted by atomic mass is 9.89. The minimum absolute atomic E-state index is 0.118. The molecule has 24 heavy (non-hydrogen) atoms. The number of amides is 1. The van der Waals surface area contributed by atoms with Gasteiger partial charge >= 0.3 is 0 Å². The highest BCUT2D eigenvalue weighted by Gasteiger charge is 2.23. The molecule has 0 aromatic heterocycles. The van der Waals surface area contributed by atoms with Crippen LogP contribution in [-0.2, 0) is 0 Å². The fourth-order valence-electron chi connectivity index (χ4n) is 3.92. The molecule has 1 heterocycles. The molecule has 0 radical (unpaired) electrons. The highest BCUT2D eigenvalue weighted by atomic mass is 16.3. The van der Waals surface area contributed by atoms with Gasteiger partial charge in [0.05, 0.1) is 0 Å². The second kappa shape index (κ2) is 8.52. The van der Waals surface area contributed by atoms with Crippen molar-refractivity contribution < 1.29 is 9.90 Å². The van der Waals surface area contributed by atoms with Gasteiger partial charge in [-0.15, -0.1) is 0 Å². The lowest BCUT2D eigenvalue weighted by molar-refractivity contribution is 0.0651. The summed E-state index contributed by atoms with van der Waals surface area (Å²) in [6.45, 7) is 2.76. The highest BCUT2D eigenvalue weighted by Crippen LogP contribution is 2.24. The Bertz CT molecular complexity index is 532. The molecule has 1 aromatic carbocycles. The standard InChI is InChI=1S/C20H30N2O2/c23-15-17-9-11-22(12-10-17)20(24)18-7-4-8-19(13-18)21-14-16-5-2-1-3-6-16/h4,7-8,13,16-17,21,23H,1-3,5-6,9-12,14-15H2. The van der Waals surface area contributed by atoms with Crippen LogP contribution < -0.4 is 5.32 Å². The number of hydrogen-bond acceptors (Lipinski definition) is 3. The number of nitrogens with one attached hydrogen (secondary N) is 1. The van der Waals surface area contributed by atoms with Gasteiger partial charge in [0.2, 0.25) is 0 Å². The number of nitrogens with zero attached hydrogens (tertiary/aromatic N) is 1. The number of anilines is 1. The zero-order valence-corrected chi connectivity index (χ0v) is 14.5. The van der Waals surface area contributed by atoms with Crippen molar-refractivity contribution in [2.45, 2.75) is 44.9 Å². The molecular weight excluding hydrogens is 300 g/mol. The SMILES string of the molecule is O=C(c1cccc(NCC2CCCCC2)c1)N1CCC(CO)CC1. The second-order valence-corrected chi connectivity index (χ2v) is 7.38. The Morgan fingerprint density at radius 1 is 1.08 bits per heavy atom. The topological polar surface area (TPSA) is 52.6 Å². The lowest BCUT2D eigenvalue weighted by Gasteiger charge is -2.31.